The molecule has 0 amide bonds. The Kier molecular flexibility index (Phi) is 3.13. The van der Waals surface area contributed by atoms with Crippen LogP contribution in [0.1, 0.15) is 34.9 Å². The van der Waals surface area contributed by atoms with Crippen LogP contribution < -0.4 is 0 Å². The summed E-state index contributed by atoms with van der Waals surface area (Å²) < 4.78 is 27.2. The van der Waals surface area contributed by atoms with Gasteiger partial charge in [-0.2, -0.15) is 0 Å². The number of hydrogen-bond acceptors (Lipinski definition) is 6. The van der Waals surface area contributed by atoms with Gasteiger partial charge in [0.15, 0.2) is 5.69 Å². The number of aromatic carboxylic acids is 1. The molecule has 1 heterocycles. The van der Waals surface area contributed by atoms with Gasteiger partial charge in [-0.05, 0) is 13.8 Å². The number of carbonyl (C=O) groups is 2. The fourth-order valence-electron chi connectivity index (χ4n) is 0.826. The van der Waals surface area contributed by atoms with Crippen LogP contribution in [0.5, 0.6) is 0 Å². The van der Waals surface area contributed by atoms with E-state index >= 15 is 0 Å². The van der Waals surface area contributed by atoms with Crippen molar-refractivity contribution in [2.45, 2.75) is 19.1 Å². The highest BCUT2D eigenvalue weighted by molar-refractivity contribution is 8.07. The van der Waals surface area contributed by atoms with Crippen LogP contribution >= 0.6 is 0 Å². The fraction of sp³-hybridized carbons (Fsp3) is 0.375. The second-order valence-corrected chi connectivity index (χ2v) is 5.67. The number of hydrogen-bond donors (Lipinski definition) is 1. The minimum Gasteiger partial charge on any atom is -0.476 e. The van der Waals surface area contributed by atoms with Gasteiger partial charge in [0.05, 0.1) is 5.25 Å². The topological polar surface area (TPSA) is 115 Å². The summed E-state index contributed by atoms with van der Waals surface area (Å²) in [5.74, 6) is -1.99. The fourth-order valence-corrected chi connectivity index (χ4v) is 1.63. The second-order valence-electron chi connectivity index (χ2n) is 3.26. The predicted molar refractivity (Wildman–Crippen MR) is 51.8 cm³/mol. The van der Waals surface area contributed by atoms with Crippen LogP contribution in [0.3, 0.4) is 0 Å². The quantitative estimate of drug-likeness (QED) is 0.818. The van der Waals surface area contributed by atoms with Crippen molar-refractivity contribution in [1.29, 1.82) is 0 Å². The molecule has 1 aromatic heterocycles. The SMILES string of the molecule is CC(C)S(=O)(=O)C(=O)c1cc(C(=O)O)no1. The van der Waals surface area contributed by atoms with Crippen molar-refractivity contribution in [2.75, 3.05) is 0 Å². The molecular formula is C8H9NO6S. The number of carboxylic acid groups (broad SMARTS) is 1. The molecule has 0 spiro atoms. The number of aromatic nitrogens is 1. The van der Waals surface area contributed by atoms with Gasteiger partial charge in [0.25, 0.3) is 0 Å². The van der Waals surface area contributed by atoms with Crippen LogP contribution in [-0.2, 0) is 9.84 Å². The van der Waals surface area contributed by atoms with E-state index in [0.29, 0.717) is 0 Å². The van der Waals surface area contributed by atoms with Crippen molar-refractivity contribution < 1.29 is 27.6 Å². The van der Waals surface area contributed by atoms with Crippen molar-refractivity contribution >= 4 is 20.9 Å². The maximum atomic E-state index is 11.4. The molecule has 0 fully saturated rings. The molecule has 88 valence electrons. The van der Waals surface area contributed by atoms with E-state index in [1.54, 1.807) is 0 Å². The third-order valence-electron chi connectivity index (χ3n) is 1.81. The number of carbonyl (C=O) groups excluding carboxylic acids is 1. The van der Waals surface area contributed by atoms with E-state index in [-0.39, 0.29) is 0 Å². The molecule has 0 bridgehead atoms. The van der Waals surface area contributed by atoms with Crippen molar-refractivity contribution in [3.63, 3.8) is 0 Å². The van der Waals surface area contributed by atoms with Crippen molar-refractivity contribution in [3.8, 4) is 0 Å². The minimum absolute atomic E-state index is 0.512. The van der Waals surface area contributed by atoms with Gasteiger partial charge < -0.3 is 9.63 Å². The minimum atomic E-state index is -4.01. The molecule has 0 unspecified atom stereocenters. The van der Waals surface area contributed by atoms with Crippen LogP contribution in [0, 0.1) is 0 Å². The molecule has 1 N–H and O–H groups in total. The molecule has 1 aromatic rings. The van der Waals surface area contributed by atoms with Gasteiger partial charge >= 0.3 is 11.1 Å². The lowest BCUT2D eigenvalue weighted by Gasteiger charge is -2.02. The first-order valence-corrected chi connectivity index (χ1v) is 5.79. The zero-order valence-electron chi connectivity index (χ0n) is 8.50. The summed E-state index contributed by atoms with van der Waals surface area (Å²) in [5, 5.41) is 9.39. The smallest absolute Gasteiger partial charge is 0.358 e. The molecule has 0 aliphatic rings. The van der Waals surface area contributed by atoms with Crippen molar-refractivity contribution in [2.24, 2.45) is 0 Å². The molecule has 0 saturated heterocycles. The highest BCUT2D eigenvalue weighted by Crippen LogP contribution is 2.12. The lowest BCUT2D eigenvalue weighted by atomic mass is 10.4. The standard InChI is InChI=1S/C8H9NO6S/c1-4(2)16(13,14)8(12)6-3-5(7(10)11)9-15-6/h3-4H,1-2H3,(H,10,11). The number of nitrogens with zero attached hydrogens (tertiary/aromatic N) is 1. The third kappa shape index (κ3) is 2.11. The Labute approximate surface area is 91.0 Å². The summed E-state index contributed by atoms with van der Waals surface area (Å²) >= 11 is 0. The first-order valence-electron chi connectivity index (χ1n) is 4.25. The summed E-state index contributed by atoms with van der Waals surface area (Å²) in [6.45, 7) is 2.67. The van der Waals surface area contributed by atoms with Gasteiger partial charge in [-0.1, -0.05) is 5.16 Å². The van der Waals surface area contributed by atoms with Crippen LogP contribution in [-0.4, -0.2) is 35.0 Å². The molecule has 7 nitrogen and oxygen atoms in total. The van der Waals surface area contributed by atoms with E-state index in [9.17, 15) is 18.0 Å². The molecule has 0 radical (unpaired) electrons. The number of rotatable bonds is 3. The molecule has 0 aliphatic heterocycles. The summed E-state index contributed by atoms with van der Waals surface area (Å²) in [7, 11) is -4.01. The third-order valence-corrected chi connectivity index (χ3v) is 3.77. The maximum Gasteiger partial charge on any atom is 0.358 e. The van der Waals surface area contributed by atoms with Gasteiger partial charge in [0.2, 0.25) is 15.6 Å². The van der Waals surface area contributed by atoms with Crippen LogP contribution in [0.4, 0.5) is 0 Å². The first kappa shape index (κ1) is 12.4. The van der Waals surface area contributed by atoms with E-state index in [1.165, 1.54) is 13.8 Å². The Bertz CT molecular complexity index is 526. The Morgan fingerprint density at radius 3 is 2.38 bits per heavy atom. The Hall–Kier alpha value is -1.70. The molecular weight excluding hydrogens is 238 g/mol. The van der Waals surface area contributed by atoms with Gasteiger partial charge in [-0.15, -0.1) is 0 Å². The largest absolute Gasteiger partial charge is 0.476 e. The normalized spacial score (nSPS) is 11.7. The van der Waals surface area contributed by atoms with Crippen molar-refractivity contribution in [3.05, 3.63) is 17.5 Å². The Morgan fingerprint density at radius 2 is 2.00 bits per heavy atom. The van der Waals surface area contributed by atoms with E-state index in [1.807, 2.05) is 0 Å². The Morgan fingerprint density at radius 1 is 1.44 bits per heavy atom. The van der Waals surface area contributed by atoms with Crippen LogP contribution in [0.25, 0.3) is 0 Å². The van der Waals surface area contributed by atoms with Crippen LogP contribution in [0.2, 0.25) is 0 Å². The highest BCUT2D eigenvalue weighted by atomic mass is 32.2. The first-order chi connectivity index (χ1) is 7.26. The average molecular weight is 247 g/mol. The summed E-state index contributed by atoms with van der Waals surface area (Å²) in [5.41, 5.74) is -0.512. The molecule has 0 aliphatic carbocycles. The summed E-state index contributed by atoms with van der Waals surface area (Å²) in [6, 6.07) is 0.782. The number of sulfone groups is 1. The molecule has 1 rings (SSSR count). The average Bonchev–Trinajstić information content (AvgIpc) is 2.64. The molecule has 16 heavy (non-hydrogen) atoms. The lowest BCUT2D eigenvalue weighted by molar-refractivity contribution is 0.0685. The van der Waals surface area contributed by atoms with E-state index in [4.69, 9.17) is 5.11 Å². The molecule has 0 saturated carbocycles. The van der Waals surface area contributed by atoms with E-state index in [0.717, 1.165) is 6.07 Å². The van der Waals surface area contributed by atoms with Gasteiger partial charge in [-0.25, -0.2) is 13.2 Å². The number of carboxylic acids is 1. The highest BCUT2D eigenvalue weighted by Gasteiger charge is 2.31. The van der Waals surface area contributed by atoms with Crippen molar-refractivity contribution in [1.82, 2.24) is 5.16 Å². The second kappa shape index (κ2) is 4.05. The predicted octanol–water partition coefficient (Wildman–Crippen LogP) is 0.336. The summed E-state index contributed by atoms with van der Waals surface area (Å²) in [4.78, 5) is 21.9. The monoisotopic (exact) mass is 247 g/mol. The molecule has 0 aromatic carbocycles. The summed E-state index contributed by atoms with van der Waals surface area (Å²) in [6.07, 6.45) is 0. The Balaban J connectivity index is 3.12. The van der Waals surface area contributed by atoms with Gasteiger partial charge in [-0.3, -0.25) is 4.79 Å². The van der Waals surface area contributed by atoms with Gasteiger partial charge in [0.1, 0.15) is 0 Å². The van der Waals surface area contributed by atoms with Gasteiger partial charge in [0, 0.05) is 6.07 Å². The zero-order chi connectivity index (χ0) is 12.5. The van der Waals surface area contributed by atoms with E-state index < -0.39 is 37.6 Å². The van der Waals surface area contributed by atoms with Crippen LogP contribution in [0.15, 0.2) is 10.6 Å². The molecule has 8 heteroatoms. The maximum absolute atomic E-state index is 11.4. The lowest BCUT2D eigenvalue weighted by Crippen LogP contribution is -2.23. The molecule has 0 atom stereocenters. The van der Waals surface area contributed by atoms with E-state index in [2.05, 4.69) is 9.68 Å². The zero-order valence-corrected chi connectivity index (χ0v) is 9.32.